The van der Waals surface area contributed by atoms with Gasteiger partial charge in [-0.05, 0) is 13.0 Å². The Kier molecular flexibility index (Phi) is 2.74. The van der Waals surface area contributed by atoms with Crippen LogP contribution in [0.5, 0.6) is 0 Å². The lowest BCUT2D eigenvalue weighted by Gasteiger charge is -2.03. The summed E-state index contributed by atoms with van der Waals surface area (Å²) in [5.41, 5.74) is 3.84. The molecule has 1 aromatic carbocycles. The van der Waals surface area contributed by atoms with Crippen molar-refractivity contribution >= 4 is 24.9 Å². The number of aromatic nitrogens is 2. The van der Waals surface area contributed by atoms with E-state index in [1.165, 1.54) is 0 Å². The molecule has 0 radical (unpaired) electrons. The van der Waals surface area contributed by atoms with Crippen LogP contribution in [0.1, 0.15) is 5.69 Å². The van der Waals surface area contributed by atoms with Crippen molar-refractivity contribution in [1.29, 1.82) is 0 Å². The van der Waals surface area contributed by atoms with Crippen LogP contribution in [0.15, 0.2) is 30.6 Å². The van der Waals surface area contributed by atoms with Crippen LogP contribution in [0, 0.1) is 6.92 Å². The Balaban J connectivity index is 2.50. The monoisotopic (exact) mass is 216 g/mol. The molecular formula is C11H10BClN2. The van der Waals surface area contributed by atoms with Gasteiger partial charge in [0.15, 0.2) is 0 Å². The average molecular weight is 216 g/mol. The molecule has 0 aliphatic carbocycles. The molecular weight excluding hydrogens is 206 g/mol. The van der Waals surface area contributed by atoms with Crippen LogP contribution in [-0.4, -0.2) is 17.8 Å². The molecule has 2 nitrogen and oxygen atoms in total. The molecule has 1 aromatic heterocycles. The maximum Gasteiger partial charge on any atom is 0.141 e. The highest BCUT2D eigenvalue weighted by molar-refractivity contribution is 6.45. The summed E-state index contributed by atoms with van der Waals surface area (Å²) in [5.74, 6) is 0. The molecule has 0 aliphatic heterocycles. The summed E-state index contributed by atoms with van der Waals surface area (Å²) in [6.45, 7) is 1.92. The van der Waals surface area contributed by atoms with E-state index < -0.39 is 0 Å². The summed E-state index contributed by atoms with van der Waals surface area (Å²) in [6, 6.07) is 5.91. The molecule has 0 unspecified atom stereocenters. The van der Waals surface area contributed by atoms with Gasteiger partial charge in [0.25, 0.3) is 0 Å². The van der Waals surface area contributed by atoms with Gasteiger partial charge in [0, 0.05) is 16.8 Å². The Morgan fingerprint density at radius 1 is 1.27 bits per heavy atom. The molecule has 0 amide bonds. The van der Waals surface area contributed by atoms with E-state index in [4.69, 9.17) is 11.6 Å². The number of halogens is 1. The van der Waals surface area contributed by atoms with Gasteiger partial charge in [-0.1, -0.05) is 29.2 Å². The van der Waals surface area contributed by atoms with Crippen molar-refractivity contribution < 1.29 is 0 Å². The second kappa shape index (κ2) is 4.03. The maximum absolute atomic E-state index is 6.06. The maximum atomic E-state index is 6.06. The van der Waals surface area contributed by atoms with E-state index in [1.54, 1.807) is 12.4 Å². The van der Waals surface area contributed by atoms with Gasteiger partial charge >= 0.3 is 0 Å². The quantitative estimate of drug-likeness (QED) is 0.673. The van der Waals surface area contributed by atoms with Gasteiger partial charge in [0.05, 0.1) is 17.6 Å². The lowest BCUT2D eigenvalue weighted by Crippen LogP contribution is -2.03. The second-order valence-corrected chi connectivity index (χ2v) is 3.92. The smallest absolute Gasteiger partial charge is 0.141 e. The zero-order valence-electron chi connectivity index (χ0n) is 8.66. The van der Waals surface area contributed by atoms with E-state index in [0.29, 0.717) is 0 Å². The van der Waals surface area contributed by atoms with E-state index >= 15 is 0 Å². The third kappa shape index (κ3) is 2.18. The van der Waals surface area contributed by atoms with Crippen molar-refractivity contribution in [2.45, 2.75) is 6.92 Å². The highest BCUT2D eigenvalue weighted by Gasteiger charge is 2.02. The van der Waals surface area contributed by atoms with Crippen molar-refractivity contribution in [1.82, 2.24) is 9.97 Å². The van der Waals surface area contributed by atoms with Gasteiger partial charge in [-0.25, -0.2) is 4.98 Å². The third-order valence-electron chi connectivity index (χ3n) is 2.22. The van der Waals surface area contributed by atoms with E-state index in [1.807, 2.05) is 33.0 Å². The van der Waals surface area contributed by atoms with Crippen LogP contribution < -0.4 is 5.46 Å². The number of benzene rings is 1. The number of hydrogen-bond donors (Lipinski definition) is 0. The Morgan fingerprint density at radius 3 is 2.73 bits per heavy atom. The topological polar surface area (TPSA) is 25.8 Å². The minimum absolute atomic E-state index is 0.760. The molecule has 0 saturated heterocycles. The summed E-state index contributed by atoms with van der Waals surface area (Å²) in [5, 5.41) is 0.760. The van der Waals surface area contributed by atoms with Gasteiger partial charge in [0.2, 0.25) is 0 Å². The molecule has 0 saturated carbocycles. The first-order valence-electron chi connectivity index (χ1n) is 4.72. The van der Waals surface area contributed by atoms with Crippen molar-refractivity contribution in [2.75, 3.05) is 0 Å². The first-order valence-corrected chi connectivity index (χ1v) is 5.10. The molecule has 0 atom stereocenters. The normalized spacial score (nSPS) is 10.3. The average Bonchev–Trinajstić information content (AvgIpc) is 2.22. The Morgan fingerprint density at radius 2 is 2.07 bits per heavy atom. The van der Waals surface area contributed by atoms with Gasteiger partial charge in [0.1, 0.15) is 7.85 Å². The van der Waals surface area contributed by atoms with Crippen molar-refractivity contribution in [3.05, 3.63) is 41.3 Å². The highest BCUT2D eigenvalue weighted by Crippen LogP contribution is 2.18. The summed E-state index contributed by atoms with van der Waals surface area (Å²) >= 11 is 6.06. The zero-order valence-corrected chi connectivity index (χ0v) is 9.42. The lowest BCUT2D eigenvalue weighted by atomic mass is 9.94. The van der Waals surface area contributed by atoms with Gasteiger partial charge in [-0.15, -0.1) is 0 Å². The minimum Gasteiger partial charge on any atom is -0.261 e. The molecule has 1 heterocycles. The summed E-state index contributed by atoms with van der Waals surface area (Å²) in [4.78, 5) is 8.50. The molecule has 74 valence electrons. The van der Waals surface area contributed by atoms with Crippen LogP contribution in [0.2, 0.25) is 5.02 Å². The molecule has 0 bridgehead atoms. The Labute approximate surface area is 94.7 Å². The summed E-state index contributed by atoms with van der Waals surface area (Å²) < 4.78 is 0. The molecule has 15 heavy (non-hydrogen) atoms. The third-order valence-corrected chi connectivity index (χ3v) is 2.63. The van der Waals surface area contributed by atoms with Crippen LogP contribution in [0.25, 0.3) is 11.3 Å². The van der Waals surface area contributed by atoms with E-state index in [9.17, 15) is 0 Å². The molecule has 0 fully saturated rings. The van der Waals surface area contributed by atoms with Crippen LogP contribution in [-0.2, 0) is 0 Å². The molecule has 2 aromatic rings. The fourth-order valence-corrected chi connectivity index (χ4v) is 1.54. The number of rotatable bonds is 1. The molecule has 2 rings (SSSR count). The molecule has 0 N–H and O–H groups in total. The fraction of sp³-hybridized carbons (Fsp3) is 0.0909. The Bertz CT molecular complexity index is 500. The van der Waals surface area contributed by atoms with Crippen LogP contribution in [0.3, 0.4) is 0 Å². The first-order chi connectivity index (χ1) is 7.16. The van der Waals surface area contributed by atoms with E-state index in [2.05, 4.69) is 9.97 Å². The summed E-state index contributed by atoms with van der Waals surface area (Å²) in [6.07, 6.45) is 3.48. The largest absolute Gasteiger partial charge is 0.261 e. The minimum atomic E-state index is 0.760. The van der Waals surface area contributed by atoms with Crippen LogP contribution >= 0.6 is 11.6 Å². The highest BCUT2D eigenvalue weighted by atomic mass is 35.5. The van der Waals surface area contributed by atoms with Crippen LogP contribution in [0.4, 0.5) is 0 Å². The van der Waals surface area contributed by atoms with E-state index in [-0.39, 0.29) is 0 Å². The lowest BCUT2D eigenvalue weighted by molar-refractivity contribution is 1.12. The Hall–Kier alpha value is -1.35. The number of nitrogens with zero attached hydrogens (tertiary/aromatic N) is 2. The molecule has 0 aliphatic rings. The zero-order chi connectivity index (χ0) is 10.8. The summed E-state index contributed by atoms with van der Waals surface area (Å²) in [7, 11) is 1.98. The SMILES string of the molecule is Bc1ccc(-c2cncc(C)n2)cc1Cl. The fourth-order valence-electron chi connectivity index (χ4n) is 1.35. The molecule has 4 heteroatoms. The van der Waals surface area contributed by atoms with Crippen molar-refractivity contribution in [3.8, 4) is 11.3 Å². The first kappa shape index (κ1) is 10.2. The standard InChI is InChI=1S/C11H10BClN2/c1-7-5-14-6-11(15-7)8-2-3-9(12)10(13)4-8/h2-6H,12H2,1H3. The number of hydrogen-bond acceptors (Lipinski definition) is 2. The predicted molar refractivity (Wildman–Crippen MR) is 65.4 cm³/mol. The van der Waals surface area contributed by atoms with Crippen molar-refractivity contribution in [2.24, 2.45) is 0 Å². The second-order valence-electron chi connectivity index (χ2n) is 3.51. The number of aryl methyl sites for hydroxylation is 1. The van der Waals surface area contributed by atoms with Crippen molar-refractivity contribution in [3.63, 3.8) is 0 Å². The van der Waals surface area contributed by atoms with Gasteiger partial charge in [-0.3, -0.25) is 4.98 Å². The van der Waals surface area contributed by atoms with Gasteiger partial charge in [-0.2, -0.15) is 0 Å². The van der Waals surface area contributed by atoms with Gasteiger partial charge < -0.3 is 0 Å². The van der Waals surface area contributed by atoms with E-state index in [0.717, 1.165) is 27.4 Å². The predicted octanol–water partition coefficient (Wildman–Crippen LogP) is 1.36. The molecule has 0 spiro atoms.